The Balaban J connectivity index is 2.26. The van der Waals surface area contributed by atoms with Crippen molar-refractivity contribution >= 4 is 23.2 Å². The van der Waals surface area contributed by atoms with E-state index in [9.17, 15) is 14.0 Å². The molecule has 5 nitrogen and oxygen atoms in total. The minimum absolute atomic E-state index is 0.0409. The third-order valence-electron chi connectivity index (χ3n) is 4.63. The lowest BCUT2D eigenvalue weighted by molar-refractivity contribution is -0.130. The fourth-order valence-corrected chi connectivity index (χ4v) is 3.21. The monoisotopic (exact) mass is 413 g/mol. The van der Waals surface area contributed by atoms with Crippen molar-refractivity contribution in [3.63, 3.8) is 0 Å². The van der Waals surface area contributed by atoms with E-state index in [0.717, 1.165) is 16.8 Å². The molecule has 2 amide bonds. The number of carbonyl (C=O) groups is 2. The summed E-state index contributed by atoms with van der Waals surface area (Å²) in [6.45, 7) is 8.34. The lowest BCUT2D eigenvalue weighted by Gasteiger charge is -2.26. The lowest BCUT2D eigenvalue weighted by atomic mass is 9.92. The summed E-state index contributed by atoms with van der Waals surface area (Å²) in [4.78, 5) is 28.3. The smallest absolute Gasteiger partial charge is 0.224 e. The van der Waals surface area contributed by atoms with Gasteiger partial charge in [-0.2, -0.15) is 0 Å². The van der Waals surface area contributed by atoms with Gasteiger partial charge >= 0.3 is 0 Å². The summed E-state index contributed by atoms with van der Waals surface area (Å²) in [6, 6.07) is 11.9. The summed E-state index contributed by atoms with van der Waals surface area (Å²) in [5, 5.41) is 2.96. The van der Waals surface area contributed by atoms with Crippen LogP contribution in [0.4, 0.5) is 15.8 Å². The highest BCUT2D eigenvalue weighted by molar-refractivity contribution is 5.91. The first-order valence-electron chi connectivity index (χ1n) is 10.0. The number of nitrogens with one attached hydrogen (secondary N) is 1. The standard InChI is InChI=1S/C24H32FN3O2/c1-17(29)28(15-18-7-9-20(25)10-8-18)16-19-13-21(11-12-22(19)27(5)6)26-23(30)14-24(2,3)4/h7-13H,14-16H2,1-6H3,(H,26,30). The van der Waals surface area contributed by atoms with Crippen molar-refractivity contribution in [2.45, 2.75) is 47.2 Å². The molecule has 0 heterocycles. The minimum atomic E-state index is -0.304. The van der Waals surface area contributed by atoms with E-state index in [-0.39, 0.29) is 23.0 Å². The second-order valence-corrected chi connectivity index (χ2v) is 9.03. The van der Waals surface area contributed by atoms with E-state index >= 15 is 0 Å². The zero-order valence-corrected chi connectivity index (χ0v) is 18.8. The molecular formula is C24H32FN3O2. The number of nitrogens with zero attached hydrogens (tertiary/aromatic N) is 2. The van der Waals surface area contributed by atoms with Gasteiger partial charge in [-0.25, -0.2) is 4.39 Å². The molecule has 0 atom stereocenters. The highest BCUT2D eigenvalue weighted by Crippen LogP contribution is 2.26. The molecule has 162 valence electrons. The summed E-state index contributed by atoms with van der Waals surface area (Å²) in [7, 11) is 3.88. The molecule has 0 aliphatic carbocycles. The topological polar surface area (TPSA) is 52.7 Å². The van der Waals surface area contributed by atoms with Crippen LogP contribution < -0.4 is 10.2 Å². The van der Waals surface area contributed by atoms with E-state index in [0.29, 0.717) is 25.2 Å². The number of amides is 2. The van der Waals surface area contributed by atoms with E-state index in [4.69, 9.17) is 0 Å². The maximum absolute atomic E-state index is 13.2. The Labute approximate surface area is 178 Å². The summed E-state index contributed by atoms with van der Waals surface area (Å²) >= 11 is 0. The van der Waals surface area contributed by atoms with Gasteiger partial charge in [-0.1, -0.05) is 32.9 Å². The molecule has 0 unspecified atom stereocenters. The van der Waals surface area contributed by atoms with Gasteiger partial charge in [0.05, 0.1) is 0 Å². The van der Waals surface area contributed by atoms with Crippen LogP contribution in [0.25, 0.3) is 0 Å². The first kappa shape index (κ1) is 23.4. The summed E-state index contributed by atoms with van der Waals surface area (Å²) in [5.74, 6) is -0.422. The predicted molar refractivity (Wildman–Crippen MR) is 120 cm³/mol. The van der Waals surface area contributed by atoms with E-state index in [1.54, 1.807) is 17.0 Å². The SMILES string of the molecule is CC(=O)N(Cc1ccc(F)cc1)Cc1cc(NC(=O)CC(C)(C)C)ccc1N(C)C. The maximum atomic E-state index is 13.2. The number of anilines is 2. The molecule has 30 heavy (non-hydrogen) atoms. The van der Waals surface area contributed by atoms with Gasteiger partial charge < -0.3 is 15.1 Å². The molecule has 0 bridgehead atoms. The van der Waals surface area contributed by atoms with Gasteiger partial charge in [0.25, 0.3) is 0 Å². The Hall–Kier alpha value is -2.89. The highest BCUT2D eigenvalue weighted by atomic mass is 19.1. The Morgan fingerprint density at radius 3 is 2.17 bits per heavy atom. The van der Waals surface area contributed by atoms with Crippen LogP contribution in [0.3, 0.4) is 0 Å². The molecule has 0 saturated carbocycles. The van der Waals surface area contributed by atoms with Crippen molar-refractivity contribution in [1.82, 2.24) is 4.90 Å². The first-order valence-corrected chi connectivity index (χ1v) is 10.0. The van der Waals surface area contributed by atoms with Crippen molar-refractivity contribution in [2.24, 2.45) is 5.41 Å². The molecule has 0 aliphatic heterocycles. The van der Waals surface area contributed by atoms with E-state index in [1.165, 1.54) is 19.1 Å². The van der Waals surface area contributed by atoms with Crippen molar-refractivity contribution in [2.75, 3.05) is 24.3 Å². The second kappa shape index (κ2) is 9.74. The zero-order valence-electron chi connectivity index (χ0n) is 18.8. The number of carbonyl (C=O) groups excluding carboxylic acids is 2. The normalized spacial score (nSPS) is 11.2. The molecule has 6 heteroatoms. The number of rotatable bonds is 7. The number of benzene rings is 2. The van der Waals surface area contributed by atoms with Gasteiger partial charge in [-0.3, -0.25) is 9.59 Å². The van der Waals surface area contributed by atoms with Crippen LogP contribution in [0.2, 0.25) is 0 Å². The van der Waals surface area contributed by atoms with Crippen LogP contribution in [0.5, 0.6) is 0 Å². The molecule has 0 spiro atoms. The molecule has 0 aliphatic rings. The first-order chi connectivity index (χ1) is 13.9. The molecule has 1 N–H and O–H groups in total. The number of hydrogen-bond donors (Lipinski definition) is 1. The van der Waals surface area contributed by atoms with Crippen molar-refractivity contribution in [3.8, 4) is 0 Å². The molecular weight excluding hydrogens is 381 g/mol. The summed E-state index contributed by atoms with van der Waals surface area (Å²) in [5.41, 5.74) is 3.35. The lowest BCUT2D eigenvalue weighted by Crippen LogP contribution is -2.28. The van der Waals surface area contributed by atoms with Gasteiger partial charge in [-0.15, -0.1) is 0 Å². The van der Waals surface area contributed by atoms with Gasteiger partial charge in [-0.05, 0) is 46.9 Å². The van der Waals surface area contributed by atoms with E-state index in [2.05, 4.69) is 5.32 Å². The average molecular weight is 414 g/mol. The minimum Gasteiger partial charge on any atom is -0.377 e. The number of hydrogen-bond acceptors (Lipinski definition) is 3. The van der Waals surface area contributed by atoms with Gasteiger partial charge in [0.2, 0.25) is 11.8 Å². The molecule has 0 fully saturated rings. The highest BCUT2D eigenvalue weighted by Gasteiger charge is 2.18. The van der Waals surface area contributed by atoms with Crippen LogP contribution in [-0.2, 0) is 22.7 Å². The molecule has 2 aromatic carbocycles. The Kier molecular flexibility index (Phi) is 7.59. The second-order valence-electron chi connectivity index (χ2n) is 9.03. The van der Waals surface area contributed by atoms with Crippen LogP contribution in [0, 0.1) is 11.2 Å². The Morgan fingerprint density at radius 2 is 1.63 bits per heavy atom. The van der Waals surface area contributed by atoms with Crippen LogP contribution in [0.1, 0.15) is 45.2 Å². The van der Waals surface area contributed by atoms with E-state index < -0.39 is 0 Å². The van der Waals surface area contributed by atoms with Crippen molar-refractivity contribution in [3.05, 3.63) is 59.4 Å². The maximum Gasteiger partial charge on any atom is 0.224 e. The van der Waals surface area contributed by atoms with Crippen LogP contribution in [-0.4, -0.2) is 30.8 Å². The van der Waals surface area contributed by atoms with Crippen molar-refractivity contribution < 1.29 is 14.0 Å². The van der Waals surface area contributed by atoms with Gasteiger partial charge in [0, 0.05) is 51.9 Å². The molecule has 2 aromatic rings. The van der Waals surface area contributed by atoms with Gasteiger partial charge in [0.15, 0.2) is 0 Å². The Bertz CT molecular complexity index is 886. The Morgan fingerprint density at radius 1 is 1.00 bits per heavy atom. The third kappa shape index (κ3) is 7.17. The molecule has 0 radical (unpaired) electrons. The summed E-state index contributed by atoms with van der Waals surface area (Å²) in [6.07, 6.45) is 0.419. The quantitative estimate of drug-likeness (QED) is 0.708. The molecule has 0 aromatic heterocycles. The fourth-order valence-electron chi connectivity index (χ4n) is 3.21. The van der Waals surface area contributed by atoms with Crippen LogP contribution in [0.15, 0.2) is 42.5 Å². The average Bonchev–Trinajstić information content (AvgIpc) is 2.61. The number of halogens is 1. The fraction of sp³-hybridized carbons (Fsp3) is 0.417. The van der Waals surface area contributed by atoms with Crippen molar-refractivity contribution in [1.29, 1.82) is 0 Å². The molecule has 2 rings (SSSR count). The summed E-state index contributed by atoms with van der Waals surface area (Å²) < 4.78 is 13.2. The third-order valence-corrected chi connectivity index (χ3v) is 4.63. The van der Waals surface area contributed by atoms with Crippen LogP contribution >= 0.6 is 0 Å². The van der Waals surface area contributed by atoms with E-state index in [1.807, 2.05) is 58.0 Å². The largest absolute Gasteiger partial charge is 0.377 e. The molecule has 0 saturated heterocycles. The van der Waals surface area contributed by atoms with Gasteiger partial charge in [0.1, 0.15) is 5.82 Å². The zero-order chi connectivity index (χ0) is 22.5. The predicted octanol–water partition coefficient (Wildman–Crippen LogP) is 4.82.